The topological polar surface area (TPSA) is 46.9 Å². The summed E-state index contributed by atoms with van der Waals surface area (Å²) in [6, 6.07) is 17.8. The second-order valence-electron chi connectivity index (χ2n) is 9.36. The van der Waals surface area contributed by atoms with Crippen LogP contribution in [0.1, 0.15) is 29.5 Å². The average molecular weight is 429 g/mol. The van der Waals surface area contributed by atoms with Gasteiger partial charge in [-0.05, 0) is 61.4 Å². The van der Waals surface area contributed by atoms with Crippen LogP contribution in [0.25, 0.3) is 0 Å². The molecule has 162 valence electrons. The molecule has 0 aromatic heterocycles. The van der Waals surface area contributed by atoms with E-state index in [9.17, 15) is 10.2 Å². The second-order valence-corrected chi connectivity index (χ2v) is 9.36. The van der Waals surface area contributed by atoms with E-state index in [1.807, 2.05) is 6.07 Å². The molecule has 2 heterocycles. The maximum atomic E-state index is 10.2. The Bertz CT molecular complexity index is 876. The second kappa shape index (κ2) is 8.16. The molecule has 1 atom stereocenters. The molecule has 0 saturated carbocycles. The van der Waals surface area contributed by atoms with Crippen molar-refractivity contribution in [3.8, 4) is 0 Å². The Kier molecular flexibility index (Phi) is 5.88. The zero-order valence-electron chi connectivity index (χ0n) is 17.8. The van der Waals surface area contributed by atoms with Crippen molar-refractivity contribution < 1.29 is 10.2 Å². The Morgan fingerprint density at radius 2 is 1.63 bits per heavy atom. The number of hydrogen-bond donors (Lipinski definition) is 2. The number of likely N-dealkylation sites (tertiary alicyclic amines) is 1. The number of aryl methyl sites for hydroxylation is 1. The van der Waals surface area contributed by atoms with Gasteiger partial charge in [-0.25, -0.2) is 0 Å². The molecule has 2 fully saturated rings. The number of piperidine rings is 1. The van der Waals surface area contributed by atoms with E-state index in [4.69, 9.17) is 0 Å². The Hall–Kier alpha value is -1.59. The number of rotatable bonds is 4. The number of nitrogens with zero attached hydrogens (tertiary/aromatic N) is 2. The monoisotopic (exact) mass is 428 g/mol. The zero-order valence-corrected chi connectivity index (χ0v) is 18.6. The maximum absolute atomic E-state index is 10.2. The van der Waals surface area contributed by atoms with Gasteiger partial charge in [-0.15, -0.1) is 12.4 Å². The highest BCUT2D eigenvalue weighted by molar-refractivity contribution is 5.85. The summed E-state index contributed by atoms with van der Waals surface area (Å²) >= 11 is 0. The SMILES string of the molecule is Cc1cccc2c1CC(N1CCC3(CC1)N(c1ccccc1)CC3(CO)CO)C2.Cl. The van der Waals surface area contributed by atoms with E-state index in [0.717, 1.165) is 45.3 Å². The van der Waals surface area contributed by atoms with E-state index in [-0.39, 0.29) is 31.2 Å². The fraction of sp³-hybridized carbons (Fsp3) is 0.520. The first kappa shape index (κ1) is 21.6. The molecule has 5 rings (SSSR count). The summed E-state index contributed by atoms with van der Waals surface area (Å²) in [6.45, 7) is 5.14. The van der Waals surface area contributed by atoms with Gasteiger partial charge in [0.05, 0.1) is 24.2 Å². The van der Waals surface area contributed by atoms with Crippen molar-refractivity contribution in [2.75, 3.05) is 37.7 Å². The maximum Gasteiger partial charge on any atom is 0.0573 e. The van der Waals surface area contributed by atoms with Crippen molar-refractivity contribution in [2.45, 2.75) is 44.2 Å². The molecule has 2 saturated heterocycles. The molecule has 2 aromatic rings. The van der Waals surface area contributed by atoms with Gasteiger partial charge in [-0.2, -0.15) is 0 Å². The first-order valence-electron chi connectivity index (χ1n) is 11.0. The number of fused-ring (bicyclic) bond motifs is 1. The van der Waals surface area contributed by atoms with E-state index in [0.29, 0.717) is 6.04 Å². The summed E-state index contributed by atoms with van der Waals surface area (Å²) in [5.41, 5.74) is 5.16. The normalized spacial score (nSPS) is 24.2. The number of para-hydroxylation sites is 1. The van der Waals surface area contributed by atoms with Gasteiger partial charge >= 0.3 is 0 Å². The van der Waals surface area contributed by atoms with Crippen LogP contribution in [0, 0.1) is 12.3 Å². The lowest BCUT2D eigenvalue weighted by Gasteiger charge is -2.69. The molecular weight excluding hydrogens is 396 g/mol. The first-order valence-corrected chi connectivity index (χ1v) is 11.0. The Balaban J connectivity index is 0.00000218. The standard InChI is InChI=1S/C25H32N2O2.ClH/c1-19-6-5-7-20-14-22(15-23(19)20)26-12-10-25(11-13-26)24(17-28,18-29)16-27(25)21-8-3-2-4-9-21;/h2-9,22,28-29H,10-18H2,1H3;1H. The molecule has 3 aliphatic rings. The molecule has 0 amide bonds. The highest BCUT2D eigenvalue weighted by Gasteiger charge is 2.64. The lowest BCUT2D eigenvalue weighted by molar-refractivity contribution is -0.0944. The van der Waals surface area contributed by atoms with Gasteiger partial charge in [0.15, 0.2) is 0 Å². The molecule has 1 unspecified atom stereocenters. The number of aliphatic hydroxyl groups excluding tert-OH is 2. The summed E-state index contributed by atoms with van der Waals surface area (Å²) in [4.78, 5) is 5.11. The molecule has 1 aliphatic carbocycles. The third kappa shape index (κ3) is 3.08. The van der Waals surface area contributed by atoms with E-state index in [1.54, 1.807) is 5.56 Å². The van der Waals surface area contributed by atoms with Gasteiger partial charge in [0.25, 0.3) is 0 Å². The molecular formula is C25H33ClN2O2. The van der Waals surface area contributed by atoms with Crippen LogP contribution in [-0.2, 0) is 12.8 Å². The summed E-state index contributed by atoms with van der Waals surface area (Å²) in [5.74, 6) is 0. The minimum absolute atomic E-state index is 0. The lowest BCUT2D eigenvalue weighted by Crippen LogP contribution is -2.79. The Labute approximate surface area is 185 Å². The molecule has 2 N–H and O–H groups in total. The molecule has 0 radical (unpaired) electrons. The van der Waals surface area contributed by atoms with E-state index in [1.165, 1.54) is 16.8 Å². The van der Waals surface area contributed by atoms with Crippen LogP contribution in [0.4, 0.5) is 5.69 Å². The van der Waals surface area contributed by atoms with E-state index in [2.05, 4.69) is 59.2 Å². The van der Waals surface area contributed by atoms with Crippen LogP contribution >= 0.6 is 12.4 Å². The molecule has 0 bridgehead atoms. The van der Waals surface area contributed by atoms with Crippen LogP contribution in [-0.4, -0.2) is 59.5 Å². The molecule has 30 heavy (non-hydrogen) atoms. The number of aliphatic hydroxyl groups is 2. The zero-order chi connectivity index (χ0) is 20.1. The molecule has 2 aliphatic heterocycles. The summed E-state index contributed by atoms with van der Waals surface area (Å²) in [5, 5.41) is 20.5. The Morgan fingerprint density at radius 3 is 2.27 bits per heavy atom. The van der Waals surface area contributed by atoms with Crippen molar-refractivity contribution in [1.82, 2.24) is 4.90 Å². The van der Waals surface area contributed by atoms with Gasteiger partial charge < -0.3 is 15.1 Å². The fourth-order valence-corrected chi connectivity index (χ4v) is 6.31. The van der Waals surface area contributed by atoms with Gasteiger partial charge in [-0.1, -0.05) is 36.4 Å². The quantitative estimate of drug-likeness (QED) is 0.785. The van der Waals surface area contributed by atoms with Crippen LogP contribution in [0.3, 0.4) is 0 Å². The molecule has 5 heteroatoms. The minimum atomic E-state index is -0.399. The van der Waals surface area contributed by atoms with Crippen molar-refractivity contribution >= 4 is 18.1 Å². The number of benzene rings is 2. The third-order valence-corrected chi connectivity index (χ3v) is 8.18. The average Bonchev–Trinajstić information content (AvgIpc) is 3.21. The van der Waals surface area contributed by atoms with Crippen molar-refractivity contribution in [3.63, 3.8) is 0 Å². The smallest absolute Gasteiger partial charge is 0.0573 e. The van der Waals surface area contributed by atoms with E-state index >= 15 is 0 Å². The first-order chi connectivity index (χ1) is 14.1. The number of hydrogen-bond acceptors (Lipinski definition) is 4. The van der Waals surface area contributed by atoms with Crippen LogP contribution in [0.5, 0.6) is 0 Å². The molecule has 2 aromatic carbocycles. The largest absolute Gasteiger partial charge is 0.396 e. The van der Waals surface area contributed by atoms with Gasteiger partial charge in [0.2, 0.25) is 0 Å². The predicted molar refractivity (Wildman–Crippen MR) is 124 cm³/mol. The van der Waals surface area contributed by atoms with Gasteiger partial charge in [0, 0.05) is 31.4 Å². The fourth-order valence-electron chi connectivity index (χ4n) is 6.31. The van der Waals surface area contributed by atoms with Gasteiger partial charge in [-0.3, -0.25) is 4.90 Å². The number of anilines is 1. The van der Waals surface area contributed by atoms with E-state index < -0.39 is 5.41 Å². The highest BCUT2D eigenvalue weighted by Crippen LogP contribution is 2.55. The van der Waals surface area contributed by atoms with Crippen molar-refractivity contribution in [3.05, 3.63) is 65.2 Å². The summed E-state index contributed by atoms with van der Waals surface area (Å²) in [6.07, 6.45) is 4.30. The summed E-state index contributed by atoms with van der Waals surface area (Å²) < 4.78 is 0. The molecule has 1 spiro atoms. The predicted octanol–water partition coefficient (Wildman–Crippen LogP) is 3.21. The lowest BCUT2D eigenvalue weighted by atomic mass is 9.57. The van der Waals surface area contributed by atoms with Gasteiger partial charge in [0.1, 0.15) is 0 Å². The van der Waals surface area contributed by atoms with Crippen molar-refractivity contribution in [2.24, 2.45) is 5.41 Å². The highest BCUT2D eigenvalue weighted by atomic mass is 35.5. The molecule has 4 nitrogen and oxygen atoms in total. The van der Waals surface area contributed by atoms with Crippen LogP contribution < -0.4 is 4.90 Å². The Morgan fingerprint density at radius 1 is 0.933 bits per heavy atom. The number of halogens is 1. The van der Waals surface area contributed by atoms with Crippen LogP contribution in [0.15, 0.2) is 48.5 Å². The minimum Gasteiger partial charge on any atom is -0.396 e. The van der Waals surface area contributed by atoms with Crippen molar-refractivity contribution in [1.29, 1.82) is 0 Å². The summed E-state index contributed by atoms with van der Waals surface area (Å²) in [7, 11) is 0. The third-order valence-electron chi connectivity index (χ3n) is 8.18. The van der Waals surface area contributed by atoms with Crippen LogP contribution in [0.2, 0.25) is 0 Å².